The highest BCUT2D eigenvalue weighted by Crippen LogP contribution is 2.31. The summed E-state index contributed by atoms with van der Waals surface area (Å²) in [6.07, 6.45) is 4.45. The topological polar surface area (TPSA) is 41.1 Å². The Hall–Kier alpha value is 0.130. The molecule has 0 aromatic carbocycles. The maximum absolute atomic E-state index is 11.8. The number of rotatable bonds is 8. The molecule has 0 radical (unpaired) electrons. The molecule has 17 heavy (non-hydrogen) atoms. The summed E-state index contributed by atoms with van der Waals surface area (Å²) in [6.45, 7) is 1.89. The zero-order chi connectivity index (χ0) is 12.5. The molecule has 3 nitrogen and oxygen atoms in total. The van der Waals surface area contributed by atoms with Crippen LogP contribution in [0.1, 0.15) is 25.7 Å². The van der Waals surface area contributed by atoms with Gasteiger partial charge in [0.05, 0.1) is 0 Å². The van der Waals surface area contributed by atoms with Crippen LogP contribution in [-0.2, 0) is 4.79 Å². The fourth-order valence-corrected chi connectivity index (χ4v) is 3.71. The van der Waals surface area contributed by atoms with Crippen LogP contribution < -0.4 is 10.6 Å². The van der Waals surface area contributed by atoms with E-state index in [9.17, 15) is 4.79 Å². The van der Waals surface area contributed by atoms with E-state index in [2.05, 4.69) is 23.3 Å². The second-order valence-electron chi connectivity index (χ2n) is 4.53. The van der Waals surface area contributed by atoms with Crippen LogP contribution >= 0.6 is 24.4 Å². The predicted octanol–water partition coefficient (Wildman–Crippen LogP) is 1.54. The van der Waals surface area contributed by atoms with Gasteiger partial charge in [0.1, 0.15) is 0 Å². The zero-order valence-electron chi connectivity index (χ0n) is 10.6. The van der Waals surface area contributed by atoms with E-state index in [0.29, 0.717) is 5.25 Å². The van der Waals surface area contributed by atoms with Crippen molar-refractivity contribution in [3.8, 4) is 0 Å². The highest BCUT2D eigenvalue weighted by Gasteiger charge is 2.29. The van der Waals surface area contributed by atoms with Crippen molar-refractivity contribution in [2.75, 3.05) is 31.6 Å². The quantitative estimate of drug-likeness (QED) is 0.465. The molecule has 1 aliphatic heterocycles. The molecule has 0 spiro atoms. The van der Waals surface area contributed by atoms with Gasteiger partial charge in [0, 0.05) is 29.2 Å². The first kappa shape index (κ1) is 15.2. The number of unbranched alkanes of at least 4 members (excludes halogenated alkanes) is 2. The van der Waals surface area contributed by atoms with Crippen molar-refractivity contribution < 1.29 is 4.79 Å². The SMILES string of the molecule is CNCCCCCNC(=O)[C@@H]1CS[C@@H](CS)C1. The first-order valence-electron chi connectivity index (χ1n) is 6.42. The Morgan fingerprint density at radius 1 is 1.35 bits per heavy atom. The molecule has 0 bridgehead atoms. The Labute approximate surface area is 114 Å². The molecule has 2 atom stereocenters. The molecule has 1 saturated heterocycles. The number of hydrogen-bond donors (Lipinski definition) is 3. The van der Waals surface area contributed by atoms with Crippen LogP contribution in [0.3, 0.4) is 0 Å². The molecule has 0 aromatic heterocycles. The summed E-state index contributed by atoms with van der Waals surface area (Å²) < 4.78 is 0. The second kappa shape index (κ2) is 9.11. The lowest BCUT2D eigenvalue weighted by Gasteiger charge is -2.10. The molecule has 0 saturated carbocycles. The molecule has 5 heteroatoms. The third kappa shape index (κ3) is 6.02. The van der Waals surface area contributed by atoms with E-state index in [0.717, 1.165) is 37.4 Å². The lowest BCUT2D eigenvalue weighted by Crippen LogP contribution is -2.31. The van der Waals surface area contributed by atoms with E-state index in [1.54, 1.807) is 0 Å². The highest BCUT2D eigenvalue weighted by molar-refractivity contribution is 8.00. The van der Waals surface area contributed by atoms with Crippen molar-refractivity contribution in [2.45, 2.75) is 30.9 Å². The number of nitrogens with one attached hydrogen (secondary N) is 2. The molecule has 1 fully saturated rings. The molecule has 100 valence electrons. The Kier molecular flexibility index (Phi) is 8.14. The Bertz CT molecular complexity index is 227. The van der Waals surface area contributed by atoms with Crippen molar-refractivity contribution in [3.05, 3.63) is 0 Å². The van der Waals surface area contributed by atoms with Gasteiger partial charge in [-0.15, -0.1) is 0 Å². The lowest BCUT2D eigenvalue weighted by molar-refractivity contribution is -0.124. The summed E-state index contributed by atoms with van der Waals surface area (Å²) >= 11 is 6.17. The van der Waals surface area contributed by atoms with Crippen LogP contribution in [0, 0.1) is 5.92 Å². The maximum Gasteiger partial charge on any atom is 0.223 e. The van der Waals surface area contributed by atoms with Crippen LogP contribution in [0.15, 0.2) is 0 Å². The number of thiol groups is 1. The van der Waals surface area contributed by atoms with Crippen molar-refractivity contribution in [1.29, 1.82) is 0 Å². The minimum Gasteiger partial charge on any atom is -0.356 e. The minimum absolute atomic E-state index is 0.217. The summed E-state index contributed by atoms with van der Waals surface area (Å²) in [6, 6.07) is 0. The largest absolute Gasteiger partial charge is 0.356 e. The van der Waals surface area contributed by atoms with Gasteiger partial charge in [0.2, 0.25) is 5.91 Å². The number of carbonyl (C=O) groups excluding carboxylic acids is 1. The van der Waals surface area contributed by atoms with Crippen molar-refractivity contribution in [3.63, 3.8) is 0 Å². The van der Waals surface area contributed by atoms with E-state index >= 15 is 0 Å². The molecule has 1 aliphatic rings. The summed E-state index contributed by atoms with van der Waals surface area (Å²) in [7, 11) is 1.97. The van der Waals surface area contributed by atoms with Crippen LogP contribution in [0.5, 0.6) is 0 Å². The fourth-order valence-electron chi connectivity index (χ4n) is 1.98. The van der Waals surface area contributed by atoms with E-state index in [1.807, 2.05) is 18.8 Å². The van der Waals surface area contributed by atoms with Crippen molar-refractivity contribution >= 4 is 30.3 Å². The van der Waals surface area contributed by atoms with Gasteiger partial charge in [-0.3, -0.25) is 4.79 Å². The standard InChI is InChI=1S/C12H24N2OS2/c1-13-5-3-2-4-6-14-12(15)10-7-11(8-16)17-9-10/h10-11,13,16H,2-9H2,1H3,(H,14,15)/t10-,11+/m0/s1. The fraction of sp³-hybridized carbons (Fsp3) is 0.917. The maximum atomic E-state index is 11.8. The van der Waals surface area contributed by atoms with Gasteiger partial charge < -0.3 is 10.6 Å². The normalized spacial score (nSPS) is 23.9. The van der Waals surface area contributed by atoms with Gasteiger partial charge in [0.15, 0.2) is 0 Å². The van der Waals surface area contributed by atoms with Crippen LogP contribution in [0.4, 0.5) is 0 Å². The van der Waals surface area contributed by atoms with Gasteiger partial charge in [-0.25, -0.2) is 0 Å². The van der Waals surface area contributed by atoms with E-state index in [1.165, 1.54) is 12.8 Å². The second-order valence-corrected chi connectivity index (χ2v) is 6.22. The summed E-state index contributed by atoms with van der Waals surface area (Å²) in [5.41, 5.74) is 0. The van der Waals surface area contributed by atoms with Gasteiger partial charge in [-0.2, -0.15) is 24.4 Å². The number of amides is 1. The number of thioether (sulfide) groups is 1. The van der Waals surface area contributed by atoms with Crippen LogP contribution in [-0.4, -0.2) is 42.8 Å². The average Bonchev–Trinajstić information content (AvgIpc) is 2.82. The highest BCUT2D eigenvalue weighted by atomic mass is 32.2. The van der Waals surface area contributed by atoms with Gasteiger partial charge >= 0.3 is 0 Å². The molecular weight excluding hydrogens is 252 g/mol. The Morgan fingerprint density at radius 3 is 2.76 bits per heavy atom. The molecule has 0 unspecified atom stereocenters. The third-order valence-electron chi connectivity index (χ3n) is 3.06. The van der Waals surface area contributed by atoms with Gasteiger partial charge in [-0.1, -0.05) is 6.42 Å². The van der Waals surface area contributed by atoms with E-state index in [4.69, 9.17) is 0 Å². The van der Waals surface area contributed by atoms with Crippen molar-refractivity contribution in [2.24, 2.45) is 5.92 Å². The molecule has 2 N–H and O–H groups in total. The average molecular weight is 276 g/mol. The first-order valence-corrected chi connectivity index (χ1v) is 8.10. The van der Waals surface area contributed by atoms with Crippen molar-refractivity contribution in [1.82, 2.24) is 10.6 Å². The molecule has 0 aliphatic carbocycles. The van der Waals surface area contributed by atoms with Gasteiger partial charge in [0.25, 0.3) is 0 Å². The van der Waals surface area contributed by atoms with E-state index < -0.39 is 0 Å². The third-order valence-corrected chi connectivity index (χ3v) is 5.17. The minimum atomic E-state index is 0.217. The van der Waals surface area contributed by atoms with Crippen LogP contribution in [0.2, 0.25) is 0 Å². The monoisotopic (exact) mass is 276 g/mol. The molecule has 1 amide bonds. The molecular formula is C12H24N2OS2. The number of hydrogen-bond acceptors (Lipinski definition) is 4. The first-order chi connectivity index (χ1) is 8.27. The number of carbonyl (C=O) groups is 1. The summed E-state index contributed by atoms with van der Waals surface area (Å²) in [5, 5.41) is 6.75. The molecule has 0 aromatic rings. The smallest absolute Gasteiger partial charge is 0.223 e. The predicted molar refractivity (Wildman–Crippen MR) is 79.0 cm³/mol. The Balaban J connectivity index is 2.01. The molecule has 1 rings (SSSR count). The lowest BCUT2D eigenvalue weighted by atomic mass is 10.1. The summed E-state index contributed by atoms with van der Waals surface area (Å²) in [4.78, 5) is 11.8. The van der Waals surface area contributed by atoms with Crippen LogP contribution in [0.25, 0.3) is 0 Å². The van der Waals surface area contributed by atoms with E-state index in [-0.39, 0.29) is 11.8 Å². The zero-order valence-corrected chi connectivity index (χ0v) is 12.3. The summed E-state index contributed by atoms with van der Waals surface area (Å²) in [5.74, 6) is 2.32. The van der Waals surface area contributed by atoms with Gasteiger partial charge in [-0.05, 0) is 32.9 Å². The molecule has 1 heterocycles. The Morgan fingerprint density at radius 2 is 2.12 bits per heavy atom.